The minimum Gasteiger partial charge on any atom is -0.497 e. The van der Waals surface area contributed by atoms with Crippen LogP contribution < -0.4 is 15.4 Å². The summed E-state index contributed by atoms with van der Waals surface area (Å²) in [4.78, 5) is 17.2. The molecule has 2 aromatic heterocycles. The number of hydrogen-bond acceptors (Lipinski definition) is 5. The molecular weight excluding hydrogens is 393 g/mol. The Morgan fingerprint density at radius 3 is 2.83 bits per heavy atom. The summed E-state index contributed by atoms with van der Waals surface area (Å²) in [5.74, 6) is 0.874. The Morgan fingerprint density at radius 2 is 2.07 bits per heavy atom. The second-order valence-electron chi connectivity index (χ2n) is 6.23. The quantitative estimate of drug-likeness (QED) is 0.503. The van der Waals surface area contributed by atoms with Crippen LogP contribution in [0.15, 0.2) is 53.9 Å². The number of nitrogens with one attached hydrogen (secondary N) is 2. The molecule has 0 unspecified atom stereocenters. The summed E-state index contributed by atoms with van der Waals surface area (Å²) >= 11 is 1.45. The molecule has 0 atom stereocenters. The van der Waals surface area contributed by atoms with Crippen molar-refractivity contribution in [1.29, 1.82) is 0 Å². The summed E-state index contributed by atoms with van der Waals surface area (Å²) in [6.07, 6.45) is 0.585. The predicted octanol–water partition coefficient (Wildman–Crippen LogP) is 3.97. The average Bonchev–Trinajstić information content (AvgIpc) is 3.30. The third-order valence-corrected chi connectivity index (χ3v) is 5.11. The van der Waals surface area contributed by atoms with Gasteiger partial charge in [0, 0.05) is 29.6 Å². The molecule has 0 aliphatic heterocycles. The Bertz CT molecular complexity index is 1140. The van der Waals surface area contributed by atoms with Gasteiger partial charge in [0.25, 0.3) is 0 Å². The number of halogens is 1. The Labute approximate surface area is 170 Å². The molecule has 2 heterocycles. The highest BCUT2D eigenvalue weighted by Crippen LogP contribution is 2.21. The number of aromatic nitrogens is 3. The van der Waals surface area contributed by atoms with Crippen molar-refractivity contribution in [2.75, 3.05) is 19.0 Å². The Balaban J connectivity index is 1.36. The van der Waals surface area contributed by atoms with E-state index in [0.717, 1.165) is 16.4 Å². The van der Waals surface area contributed by atoms with E-state index < -0.39 is 0 Å². The van der Waals surface area contributed by atoms with Gasteiger partial charge in [0.1, 0.15) is 11.6 Å². The van der Waals surface area contributed by atoms with Crippen molar-refractivity contribution >= 4 is 28.0 Å². The van der Waals surface area contributed by atoms with Gasteiger partial charge in [-0.3, -0.25) is 0 Å². The van der Waals surface area contributed by atoms with E-state index in [1.54, 1.807) is 48.0 Å². The highest BCUT2D eigenvalue weighted by molar-refractivity contribution is 7.15. The Kier molecular flexibility index (Phi) is 5.39. The molecule has 0 saturated carbocycles. The van der Waals surface area contributed by atoms with Crippen LogP contribution in [-0.4, -0.2) is 34.3 Å². The Morgan fingerprint density at radius 1 is 1.24 bits per heavy atom. The van der Waals surface area contributed by atoms with E-state index >= 15 is 0 Å². The van der Waals surface area contributed by atoms with Crippen molar-refractivity contribution < 1.29 is 13.9 Å². The molecule has 0 radical (unpaired) electrons. The van der Waals surface area contributed by atoms with Gasteiger partial charge in [-0.05, 0) is 36.4 Å². The topological polar surface area (TPSA) is 80.5 Å². The number of fused-ring (bicyclic) bond motifs is 1. The van der Waals surface area contributed by atoms with Crippen LogP contribution in [0.25, 0.3) is 16.3 Å². The number of ether oxygens (including phenoxy) is 1. The van der Waals surface area contributed by atoms with E-state index in [4.69, 9.17) is 4.74 Å². The molecule has 0 bridgehead atoms. The first-order chi connectivity index (χ1) is 14.1. The number of amides is 2. The highest BCUT2D eigenvalue weighted by Gasteiger charge is 2.12. The molecule has 2 amide bonds. The number of anilines is 1. The summed E-state index contributed by atoms with van der Waals surface area (Å²) in [6, 6.07) is 13.0. The summed E-state index contributed by atoms with van der Waals surface area (Å²) < 4.78 is 20.3. The van der Waals surface area contributed by atoms with Crippen LogP contribution in [0.3, 0.4) is 0 Å². The van der Waals surface area contributed by atoms with E-state index in [1.807, 2.05) is 5.38 Å². The van der Waals surface area contributed by atoms with E-state index in [-0.39, 0.29) is 11.8 Å². The molecular formula is C20H18FN5O2S. The van der Waals surface area contributed by atoms with E-state index in [2.05, 4.69) is 20.7 Å². The maximum Gasteiger partial charge on any atom is 0.319 e. The van der Waals surface area contributed by atoms with Crippen molar-refractivity contribution in [2.45, 2.75) is 6.42 Å². The molecule has 7 nitrogen and oxygen atoms in total. The van der Waals surface area contributed by atoms with Gasteiger partial charge >= 0.3 is 6.03 Å². The molecule has 148 valence electrons. The lowest BCUT2D eigenvalue weighted by molar-refractivity contribution is 0.252. The van der Waals surface area contributed by atoms with Gasteiger partial charge in [0.05, 0.1) is 12.8 Å². The first kappa shape index (κ1) is 18.9. The van der Waals surface area contributed by atoms with Crippen LogP contribution in [-0.2, 0) is 6.42 Å². The molecule has 2 N–H and O–H groups in total. The maximum absolute atomic E-state index is 13.4. The number of urea groups is 1. The van der Waals surface area contributed by atoms with Gasteiger partial charge in [-0.1, -0.05) is 12.1 Å². The normalized spacial score (nSPS) is 10.8. The molecule has 0 spiro atoms. The van der Waals surface area contributed by atoms with Crippen LogP contribution in [0.1, 0.15) is 5.69 Å². The zero-order valence-electron chi connectivity index (χ0n) is 15.6. The molecule has 0 saturated heterocycles. The molecule has 9 heteroatoms. The molecule has 2 aromatic carbocycles. The lowest BCUT2D eigenvalue weighted by atomic mass is 10.2. The predicted molar refractivity (Wildman–Crippen MR) is 110 cm³/mol. The number of nitrogens with zero attached hydrogens (tertiary/aromatic N) is 3. The largest absolute Gasteiger partial charge is 0.497 e. The second kappa shape index (κ2) is 8.27. The minimum atomic E-state index is -0.326. The van der Waals surface area contributed by atoms with Crippen LogP contribution >= 0.6 is 11.3 Å². The fourth-order valence-electron chi connectivity index (χ4n) is 2.80. The number of methoxy groups -OCH3 is 1. The number of hydrogen-bond donors (Lipinski definition) is 2. The molecule has 0 fully saturated rings. The molecule has 0 aliphatic carbocycles. The molecule has 29 heavy (non-hydrogen) atoms. The van der Waals surface area contributed by atoms with Crippen molar-refractivity contribution in [3.05, 3.63) is 65.4 Å². The average molecular weight is 411 g/mol. The van der Waals surface area contributed by atoms with Crippen molar-refractivity contribution in [3.8, 4) is 17.1 Å². The zero-order chi connectivity index (χ0) is 20.2. The second-order valence-corrected chi connectivity index (χ2v) is 7.06. The van der Waals surface area contributed by atoms with Crippen LogP contribution in [0.2, 0.25) is 0 Å². The fraction of sp³-hybridized carbons (Fsp3) is 0.150. The fourth-order valence-corrected chi connectivity index (χ4v) is 3.66. The maximum atomic E-state index is 13.4. The number of thiazole rings is 1. The van der Waals surface area contributed by atoms with Crippen LogP contribution in [0.5, 0.6) is 5.75 Å². The molecule has 4 aromatic rings. The van der Waals surface area contributed by atoms with Crippen LogP contribution in [0, 0.1) is 5.82 Å². The van der Waals surface area contributed by atoms with Crippen molar-refractivity contribution in [1.82, 2.24) is 19.9 Å². The third-order valence-electron chi connectivity index (χ3n) is 4.25. The number of benzene rings is 2. The zero-order valence-corrected chi connectivity index (χ0v) is 16.4. The number of carbonyl (C=O) groups is 1. The monoisotopic (exact) mass is 411 g/mol. The smallest absolute Gasteiger partial charge is 0.319 e. The highest BCUT2D eigenvalue weighted by atomic mass is 32.1. The van der Waals surface area contributed by atoms with Crippen molar-refractivity contribution in [2.24, 2.45) is 0 Å². The minimum absolute atomic E-state index is 0.291. The van der Waals surface area contributed by atoms with E-state index in [1.165, 1.54) is 23.5 Å². The van der Waals surface area contributed by atoms with Crippen LogP contribution in [0.4, 0.5) is 14.9 Å². The summed E-state index contributed by atoms with van der Waals surface area (Å²) in [5.41, 5.74) is 2.23. The first-order valence-corrected chi connectivity index (χ1v) is 9.78. The first-order valence-electron chi connectivity index (χ1n) is 8.90. The van der Waals surface area contributed by atoms with E-state index in [9.17, 15) is 9.18 Å². The SMILES string of the molecule is COc1ccc(NC(=O)NCCc2csc3nc(-c4cccc(F)c4)nn23)cc1. The van der Waals surface area contributed by atoms with Gasteiger partial charge < -0.3 is 15.4 Å². The lowest BCUT2D eigenvalue weighted by Crippen LogP contribution is -2.30. The molecule has 4 rings (SSSR count). The van der Waals surface area contributed by atoms with Gasteiger partial charge in [-0.15, -0.1) is 16.4 Å². The summed E-state index contributed by atoms with van der Waals surface area (Å²) in [6.45, 7) is 0.434. The van der Waals surface area contributed by atoms with E-state index in [0.29, 0.717) is 30.0 Å². The van der Waals surface area contributed by atoms with Crippen molar-refractivity contribution in [3.63, 3.8) is 0 Å². The lowest BCUT2D eigenvalue weighted by Gasteiger charge is -2.08. The molecule has 0 aliphatic rings. The van der Waals surface area contributed by atoms with Gasteiger partial charge in [0.15, 0.2) is 5.82 Å². The van der Waals surface area contributed by atoms with Gasteiger partial charge in [-0.2, -0.15) is 4.98 Å². The summed E-state index contributed by atoms with van der Waals surface area (Å²) in [7, 11) is 1.59. The number of carbonyl (C=O) groups excluding carboxylic acids is 1. The van der Waals surface area contributed by atoms with Gasteiger partial charge in [-0.25, -0.2) is 13.7 Å². The number of rotatable bonds is 6. The standard InChI is InChI=1S/C20H18FN5O2S/c1-28-17-7-5-15(6-8-17)23-19(27)22-10-9-16-12-29-20-24-18(25-26(16)20)13-3-2-4-14(21)11-13/h2-8,11-12H,9-10H2,1H3,(H2,22,23,27). The summed E-state index contributed by atoms with van der Waals surface area (Å²) in [5, 5.41) is 12.0. The third kappa shape index (κ3) is 4.35. The Hall–Kier alpha value is -3.46. The van der Waals surface area contributed by atoms with Gasteiger partial charge in [0.2, 0.25) is 4.96 Å².